The van der Waals surface area contributed by atoms with Gasteiger partial charge in [-0.3, -0.25) is 9.13 Å². The summed E-state index contributed by atoms with van der Waals surface area (Å²) in [4.78, 5) is 38.7. The van der Waals surface area contributed by atoms with Gasteiger partial charge < -0.3 is 9.47 Å². The Labute approximate surface area is 219 Å². The minimum absolute atomic E-state index is 0.233. The Kier molecular flexibility index (Phi) is 5.99. The number of aromatic nitrogens is 2. The largest absolute Gasteiger partial charge is 0.465 e. The number of nitrogens with zero attached hydrogens (tertiary/aromatic N) is 2. The standard InChI is InChI=1S/C29H27ClN2O5/c1-28(2,3)37-26(34)18-8-11-22(12-9-18)31-24-17-21(30)10-13-23(24)32(27(31)35)29(14-15-29)20-7-5-6-19(16-20)25(33)36-4/h5-13,16-17H,14-15H2,1-4H3. The van der Waals surface area contributed by atoms with E-state index in [-0.39, 0.29) is 5.69 Å². The van der Waals surface area contributed by atoms with Gasteiger partial charge in [-0.15, -0.1) is 0 Å². The van der Waals surface area contributed by atoms with Crippen LogP contribution in [0.25, 0.3) is 16.7 Å². The van der Waals surface area contributed by atoms with E-state index >= 15 is 0 Å². The van der Waals surface area contributed by atoms with Crippen LogP contribution in [0.3, 0.4) is 0 Å². The van der Waals surface area contributed by atoms with Crippen LogP contribution in [0.5, 0.6) is 0 Å². The number of hydrogen-bond donors (Lipinski definition) is 0. The van der Waals surface area contributed by atoms with Crippen molar-refractivity contribution in [2.24, 2.45) is 0 Å². The summed E-state index contributed by atoms with van der Waals surface area (Å²) < 4.78 is 13.7. The van der Waals surface area contributed by atoms with E-state index in [0.29, 0.717) is 27.4 Å². The molecule has 1 fully saturated rings. The molecule has 1 aromatic heterocycles. The number of methoxy groups -OCH3 is 1. The molecule has 5 rings (SSSR count). The summed E-state index contributed by atoms with van der Waals surface area (Å²) in [6.45, 7) is 5.43. The van der Waals surface area contributed by atoms with Crippen LogP contribution in [0, 0.1) is 0 Å². The van der Waals surface area contributed by atoms with Gasteiger partial charge in [0.25, 0.3) is 0 Å². The Hall–Kier alpha value is -3.84. The molecule has 1 heterocycles. The fourth-order valence-electron chi connectivity index (χ4n) is 4.73. The van der Waals surface area contributed by atoms with Crippen molar-refractivity contribution in [1.82, 2.24) is 9.13 Å². The Morgan fingerprint density at radius 2 is 1.59 bits per heavy atom. The topological polar surface area (TPSA) is 79.5 Å². The van der Waals surface area contributed by atoms with Crippen LogP contribution in [0.4, 0.5) is 0 Å². The molecule has 37 heavy (non-hydrogen) atoms. The summed E-state index contributed by atoms with van der Waals surface area (Å²) in [6, 6.07) is 19.3. The zero-order valence-electron chi connectivity index (χ0n) is 21.1. The quantitative estimate of drug-likeness (QED) is 0.315. The summed E-state index contributed by atoms with van der Waals surface area (Å²) in [5.41, 5.74) is 2.24. The van der Waals surface area contributed by atoms with Gasteiger partial charge >= 0.3 is 17.6 Å². The second-order valence-corrected chi connectivity index (χ2v) is 10.7. The molecule has 0 saturated heterocycles. The van der Waals surface area contributed by atoms with Crippen molar-refractivity contribution in [3.63, 3.8) is 0 Å². The maximum absolute atomic E-state index is 14.0. The maximum atomic E-state index is 14.0. The molecule has 1 aliphatic rings. The van der Waals surface area contributed by atoms with Gasteiger partial charge in [-0.1, -0.05) is 23.7 Å². The summed E-state index contributed by atoms with van der Waals surface area (Å²) >= 11 is 6.35. The van der Waals surface area contributed by atoms with E-state index in [1.807, 2.05) is 32.9 Å². The SMILES string of the molecule is COC(=O)c1cccc(C2(n3c(=O)n(-c4ccc(C(=O)OC(C)(C)C)cc4)c4cc(Cl)ccc43)CC2)c1. The molecule has 0 aliphatic heterocycles. The number of imidazole rings is 1. The van der Waals surface area contributed by atoms with Crippen LogP contribution >= 0.6 is 11.6 Å². The van der Waals surface area contributed by atoms with Gasteiger partial charge in [-0.25, -0.2) is 14.4 Å². The number of carbonyl (C=O) groups excluding carboxylic acids is 2. The fraction of sp³-hybridized carbons (Fsp3) is 0.276. The molecule has 190 valence electrons. The molecule has 3 aromatic carbocycles. The van der Waals surface area contributed by atoms with E-state index in [1.54, 1.807) is 63.7 Å². The number of rotatable bonds is 5. The van der Waals surface area contributed by atoms with Crippen LogP contribution in [0.1, 0.15) is 59.9 Å². The second-order valence-electron chi connectivity index (χ2n) is 10.2. The molecule has 0 bridgehead atoms. The summed E-state index contributed by atoms with van der Waals surface area (Å²) in [6.07, 6.45) is 1.49. The molecule has 0 N–H and O–H groups in total. The maximum Gasteiger partial charge on any atom is 0.338 e. The highest BCUT2D eigenvalue weighted by molar-refractivity contribution is 6.31. The fourth-order valence-corrected chi connectivity index (χ4v) is 4.90. The molecule has 0 radical (unpaired) electrons. The predicted octanol–water partition coefficient (Wildman–Crippen LogP) is 5.72. The monoisotopic (exact) mass is 518 g/mol. The summed E-state index contributed by atoms with van der Waals surface area (Å²) in [5.74, 6) is -0.858. The van der Waals surface area contributed by atoms with E-state index in [9.17, 15) is 14.4 Å². The van der Waals surface area contributed by atoms with Gasteiger partial charge in [-0.05, 0) is 93.8 Å². The minimum Gasteiger partial charge on any atom is -0.465 e. The lowest BCUT2D eigenvalue weighted by molar-refractivity contribution is 0.00693. The Bertz CT molecular complexity index is 1590. The first-order chi connectivity index (χ1) is 17.5. The molecule has 7 nitrogen and oxygen atoms in total. The van der Waals surface area contributed by atoms with Gasteiger partial charge in [0.1, 0.15) is 5.60 Å². The van der Waals surface area contributed by atoms with Crippen molar-refractivity contribution in [3.8, 4) is 5.69 Å². The van der Waals surface area contributed by atoms with Crippen LogP contribution < -0.4 is 5.69 Å². The lowest BCUT2D eigenvalue weighted by Gasteiger charge is -2.19. The zero-order valence-corrected chi connectivity index (χ0v) is 21.8. The first-order valence-corrected chi connectivity index (χ1v) is 12.4. The Morgan fingerprint density at radius 1 is 0.892 bits per heavy atom. The number of benzene rings is 3. The van der Waals surface area contributed by atoms with Crippen molar-refractivity contribution in [2.45, 2.75) is 44.8 Å². The van der Waals surface area contributed by atoms with E-state index in [1.165, 1.54) is 7.11 Å². The van der Waals surface area contributed by atoms with Crippen molar-refractivity contribution >= 4 is 34.6 Å². The molecule has 4 aromatic rings. The highest BCUT2D eigenvalue weighted by Gasteiger charge is 2.49. The highest BCUT2D eigenvalue weighted by atomic mass is 35.5. The van der Waals surface area contributed by atoms with Crippen molar-refractivity contribution in [1.29, 1.82) is 0 Å². The predicted molar refractivity (Wildman–Crippen MR) is 142 cm³/mol. The van der Waals surface area contributed by atoms with Gasteiger partial charge in [0.2, 0.25) is 0 Å². The number of fused-ring (bicyclic) bond motifs is 1. The second kappa shape index (κ2) is 8.92. The third kappa shape index (κ3) is 4.44. The highest BCUT2D eigenvalue weighted by Crippen LogP contribution is 2.50. The van der Waals surface area contributed by atoms with E-state index < -0.39 is 23.1 Å². The molecule has 1 saturated carbocycles. The van der Waals surface area contributed by atoms with Crippen LogP contribution in [-0.2, 0) is 15.0 Å². The molecular formula is C29H27ClN2O5. The molecule has 1 aliphatic carbocycles. The van der Waals surface area contributed by atoms with Gasteiger partial charge in [0, 0.05) is 5.02 Å². The van der Waals surface area contributed by atoms with Gasteiger partial charge in [0.15, 0.2) is 0 Å². The third-order valence-corrected chi connectivity index (χ3v) is 6.77. The zero-order chi connectivity index (χ0) is 26.5. The van der Waals surface area contributed by atoms with Crippen LogP contribution in [0.15, 0.2) is 71.5 Å². The number of ether oxygens (including phenoxy) is 2. The average molecular weight is 519 g/mol. The number of hydrogen-bond acceptors (Lipinski definition) is 5. The van der Waals surface area contributed by atoms with Gasteiger partial charge in [0.05, 0.1) is 40.5 Å². The molecule has 8 heteroatoms. The number of halogens is 1. The van der Waals surface area contributed by atoms with Crippen molar-refractivity contribution in [3.05, 3.63) is 98.9 Å². The number of esters is 2. The third-order valence-electron chi connectivity index (χ3n) is 6.53. The normalized spacial score (nSPS) is 14.4. The Morgan fingerprint density at radius 3 is 2.22 bits per heavy atom. The van der Waals surface area contributed by atoms with Crippen molar-refractivity contribution < 1.29 is 19.1 Å². The molecule has 0 atom stereocenters. The minimum atomic E-state index is -0.610. The first kappa shape index (κ1) is 24.8. The van der Waals surface area contributed by atoms with E-state index in [0.717, 1.165) is 23.9 Å². The molecular weight excluding hydrogens is 492 g/mol. The lowest BCUT2D eigenvalue weighted by atomic mass is 10.0. The smallest absolute Gasteiger partial charge is 0.338 e. The average Bonchev–Trinajstić information content (AvgIpc) is 3.61. The van der Waals surface area contributed by atoms with E-state index in [2.05, 4.69) is 0 Å². The molecule has 0 unspecified atom stereocenters. The molecule has 0 amide bonds. The van der Waals surface area contributed by atoms with Crippen LogP contribution in [-0.4, -0.2) is 33.8 Å². The molecule has 0 spiro atoms. The van der Waals surface area contributed by atoms with Gasteiger partial charge in [-0.2, -0.15) is 0 Å². The Balaban J connectivity index is 1.64. The van der Waals surface area contributed by atoms with Crippen molar-refractivity contribution in [2.75, 3.05) is 7.11 Å². The van der Waals surface area contributed by atoms with Crippen LogP contribution in [0.2, 0.25) is 5.02 Å². The number of carbonyl (C=O) groups is 2. The lowest BCUT2D eigenvalue weighted by Crippen LogP contribution is -2.32. The summed E-state index contributed by atoms with van der Waals surface area (Å²) in [5, 5.41) is 0.501. The summed E-state index contributed by atoms with van der Waals surface area (Å²) in [7, 11) is 1.35. The van der Waals surface area contributed by atoms with E-state index in [4.69, 9.17) is 21.1 Å². The first-order valence-electron chi connectivity index (χ1n) is 12.0.